The van der Waals surface area contributed by atoms with Crippen molar-refractivity contribution < 1.29 is 37.1 Å². The molecule has 0 saturated heterocycles. The van der Waals surface area contributed by atoms with Gasteiger partial charge in [-0.15, -0.1) is 0 Å². The molecular weight excluding hydrogens is 615 g/mol. The summed E-state index contributed by atoms with van der Waals surface area (Å²) in [5.41, 5.74) is -0.569. The predicted octanol–water partition coefficient (Wildman–Crippen LogP) is 7.44. The molecule has 2 unspecified atom stereocenters. The van der Waals surface area contributed by atoms with Crippen molar-refractivity contribution in [3.8, 4) is 0 Å². The lowest BCUT2D eigenvalue weighted by Gasteiger charge is -2.42. The summed E-state index contributed by atoms with van der Waals surface area (Å²) in [6, 6.07) is 1.74. The van der Waals surface area contributed by atoms with E-state index in [2.05, 4.69) is 57.7 Å². The van der Waals surface area contributed by atoms with Crippen LogP contribution in [0, 0.1) is 5.41 Å². The van der Waals surface area contributed by atoms with Crippen LogP contribution in [0.5, 0.6) is 0 Å². The Labute approximate surface area is 275 Å². The average molecular weight is 698 g/mol. The van der Waals surface area contributed by atoms with E-state index in [9.17, 15) is 15.3 Å². The maximum Gasteiger partial charge on any atom is 0.315 e. The molecule has 0 spiro atoms. The van der Waals surface area contributed by atoms with Gasteiger partial charge >= 0.3 is 17.1 Å². The van der Waals surface area contributed by atoms with Gasteiger partial charge in [-0.05, 0) is 90.8 Å². The van der Waals surface area contributed by atoms with E-state index in [1.807, 2.05) is 14.0 Å². The first-order valence-corrected chi connectivity index (χ1v) is 25.6. The first-order valence-electron chi connectivity index (χ1n) is 13.8. The Bertz CT molecular complexity index is 601. The summed E-state index contributed by atoms with van der Waals surface area (Å²) in [4.78, 5) is 0. The van der Waals surface area contributed by atoms with Gasteiger partial charge in [-0.3, -0.25) is 0 Å². The summed E-state index contributed by atoms with van der Waals surface area (Å²) in [6.07, 6.45) is 1.83. The summed E-state index contributed by atoms with van der Waals surface area (Å²) in [6.45, 7) is 21.5. The Kier molecular flexibility index (Phi) is 37.9. The molecular formula is C30H83NO8Si4. The van der Waals surface area contributed by atoms with Gasteiger partial charge in [-0.25, -0.2) is 0 Å². The summed E-state index contributed by atoms with van der Waals surface area (Å²) in [5.74, 6) is 0. The van der Waals surface area contributed by atoms with Crippen LogP contribution in [-0.4, -0.2) is 108 Å². The summed E-state index contributed by atoms with van der Waals surface area (Å²) in [5, 5.41) is 32.0. The van der Waals surface area contributed by atoms with E-state index in [0.717, 1.165) is 24.9 Å². The molecule has 0 amide bonds. The monoisotopic (exact) mass is 698 g/mol. The zero-order valence-electron chi connectivity index (χ0n) is 25.4. The van der Waals surface area contributed by atoms with Crippen molar-refractivity contribution in [1.82, 2.24) is 5.32 Å². The van der Waals surface area contributed by atoms with Gasteiger partial charge in [-0.2, -0.15) is 0 Å². The highest BCUT2D eigenvalue weighted by molar-refractivity contribution is 6.89. The van der Waals surface area contributed by atoms with Crippen LogP contribution in [0.1, 0.15) is 70.7 Å². The first kappa shape index (κ1) is 59.0. The second kappa shape index (κ2) is 27.6. The Morgan fingerprint density at radius 1 is 0.721 bits per heavy atom. The molecule has 2 atom stereocenters. The topological polar surface area (TPSA) is 119 Å². The largest absolute Gasteiger partial charge is 0.437 e. The highest BCUT2D eigenvalue weighted by Crippen LogP contribution is 2.30. The third-order valence-corrected chi connectivity index (χ3v) is 20.9. The third-order valence-electron chi connectivity index (χ3n) is 6.07. The molecule has 0 aliphatic rings. The van der Waals surface area contributed by atoms with E-state index < -0.39 is 45.3 Å². The molecule has 0 aliphatic heterocycles. The fraction of sp³-hybridized carbons (Fsp3) is 1.00. The summed E-state index contributed by atoms with van der Waals surface area (Å²) in [7, 11) is -6.98. The molecule has 0 rings (SSSR count). The number of hydrogen-bond donors (Lipinski definition) is 4. The van der Waals surface area contributed by atoms with E-state index in [4.69, 9.17) is 21.8 Å². The quantitative estimate of drug-likeness (QED) is 0.0638. The Morgan fingerprint density at radius 3 is 1.65 bits per heavy atom. The fourth-order valence-electron chi connectivity index (χ4n) is 4.40. The van der Waals surface area contributed by atoms with Crippen molar-refractivity contribution in [2.75, 3.05) is 53.2 Å². The first-order chi connectivity index (χ1) is 17.0. The normalized spacial score (nSPS) is 13.9. The third kappa shape index (κ3) is 28.5. The van der Waals surface area contributed by atoms with E-state index in [-0.39, 0.29) is 57.8 Å². The van der Waals surface area contributed by atoms with Gasteiger partial charge in [0.2, 0.25) is 0 Å². The lowest BCUT2D eigenvalue weighted by atomic mass is 9.88. The molecule has 4 N–H and O–H groups in total. The van der Waals surface area contributed by atoms with Gasteiger partial charge in [0.15, 0.2) is 16.6 Å². The van der Waals surface area contributed by atoms with E-state index in [1.165, 1.54) is 0 Å². The molecule has 43 heavy (non-hydrogen) atoms. The number of nitrogens with one attached hydrogen (secondary N) is 1. The van der Waals surface area contributed by atoms with Crippen LogP contribution in [-0.2, 0) is 21.8 Å². The lowest BCUT2D eigenvalue weighted by molar-refractivity contribution is -0.0297. The Balaban J connectivity index is -0.000000432. The maximum atomic E-state index is 9.86. The maximum absolute atomic E-state index is 9.86. The highest BCUT2D eigenvalue weighted by Gasteiger charge is 2.45. The van der Waals surface area contributed by atoms with Crippen molar-refractivity contribution in [3.63, 3.8) is 0 Å². The zero-order chi connectivity index (χ0) is 28.8. The number of rotatable bonds is 23. The van der Waals surface area contributed by atoms with Crippen molar-refractivity contribution in [1.29, 1.82) is 0 Å². The number of hydrogen-bond acceptors (Lipinski definition) is 9. The van der Waals surface area contributed by atoms with E-state index >= 15 is 0 Å². The van der Waals surface area contributed by atoms with Gasteiger partial charge < -0.3 is 42.5 Å². The minimum absolute atomic E-state index is 0. The SMILES string of the molecule is C.C.C.C.C.C.CCC(CO)(CO)COCCC[Si](C)(C)O[Si](C)(CCCOCC(O)CNC)O[Si](C)(C)O[Si](C)(C)C. The van der Waals surface area contributed by atoms with Gasteiger partial charge in [-0.1, -0.05) is 51.5 Å². The van der Waals surface area contributed by atoms with Crippen molar-refractivity contribution in [3.05, 3.63) is 0 Å². The van der Waals surface area contributed by atoms with E-state index in [1.54, 1.807) is 0 Å². The van der Waals surface area contributed by atoms with Gasteiger partial charge in [0.1, 0.15) is 0 Å². The van der Waals surface area contributed by atoms with Crippen LogP contribution in [0.4, 0.5) is 0 Å². The van der Waals surface area contributed by atoms with Crippen LogP contribution in [0.3, 0.4) is 0 Å². The number of ether oxygens (including phenoxy) is 2. The molecule has 0 heterocycles. The van der Waals surface area contributed by atoms with E-state index in [0.29, 0.717) is 39.4 Å². The van der Waals surface area contributed by atoms with Gasteiger partial charge in [0.25, 0.3) is 0 Å². The zero-order valence-corrected chi connectivity index (χ0v) is 29.4. The van der Waals surface area contributed by atoms with Crippen LogP contribution >= 0.6 is 0 Å². The van der Waals surface area contributed by atoms with Crippen LogP contribution in [0.25, 0.3) is 0 Å². The fourth-order valence-corrected chi connectivity index (χ4v) is 23.2. The van der Waals surface area contributed by atoms with Crippen LogP contribution in [0.15, 0.2) is 0 Å². The Hall–Kier alpha value is 0.508. The predicted molar refractivity (Wildman–Crippen MR) is 201 cm³/mol. The molecule has 0 saturated carbocycles. The number of aliphatic hydroxyl groups excluding tert-OH is 3. The van der Waals surface area contributed by atoms with Gasteiger partial charge in [0, 0.05) is 25.2 Å². The number of aliphatic hydroxyl groups is 3. The molecule has 0 bridgehead atoms. The van der Waals surface area contributed by atoms with Crippen molar-refractivity contribution >= 4 is 33.8 Å². The summed E-state index contributed by atoms with van der Waals surface area (Å²) >= 11 is 0. The molecule has 0 radical (unpaired) electrons. The lowest BCUT2D eigenvalue weighted by Crippen LogP contribution is -2.57. The average Bonchev–Trinajstić information content (AvgIpc) is 2.74. The molecule has 0 aromatic carbocycles. The second-order valence-electron chi connectivity index (χ2n) is 12.4. The molecule has 0 aromatic heterocycles. The summed E-state index contributed by atoms with van der Waals surface area (Å²) < 4.78 is 31.8. The van der Waals surface area contributed by atoms with Crippen LogP contribution < -0.4 is 5.32 Å². The van der Waals surface area contributed by atoms with Crippen LogP contribution in [0.2, 0.25) is 64.5 Å². The molecule has 272 valence electrons. The molecule has 9 nitrogen and oxygen atoms in total. The number of likely N-dealkylation sites (N-methyl/N-ethyl adjacent to an activating group) is 1. The standard InChI is InChI=1S/C24H59NO8Si4.6CH4/c1-11-24(20-26,21-27)22-30-15-12-16-35(6,7)32-37(10,33-36(8,9)31-34(3,4)5)17-13-14-29-19-23(28)18-25-2;;;;;;/h23,25-28H,11-22H2,1-10H3;6*1H4. The van der Waals surface area contributed by atoms with Crippen molar-refractivity contribution in [2.45, 2.75) is 141 Å². The molecule has 0 aromatic rings. The smallest absolute Gasteiger partial charge is 0.315 e. The second-order valence-corrected chi connectivity index (χ2v) is 28.7. The molecule has 0 aliphatic carbocycles. The van der Waals surface area contributed by atoms with Crippen molar-refractivity contribution in [2.24, 2.45) is 5.41 Å². The molecule has 0 fully saturated rings. The minimum atomic E-state index is -2.57. The highest BCUT2D eigenvalue weighted by atomic mass is 28.5. The Morgan fingerprint density at radius 2 is 1.21 bits per heavy atom. The molecule has 13 heteroatoms. The minimum Gasteiger partial charge on any atom is -0.437 e. The van der Waals surface area contributed by atoms with Gasteiger partial charge in [0.05, 0.1) is 32.5 Å².